The van der Waals surface area contributed by atoms with Gasteiger partial charge in [-0.05, 0) is 41.8 Å². The minimum absolute atomic E-state index is 0.0151. The molecule has 0 saturated heterocycles. The molecule has 11 heteroatoms. The lowest BCUT2D eigenvalue weighted by Crippen LogP contribution is -2.25. The van der Waals surface area contributed by atoms with Crippen molar-refractivity contribution in [1.82, 2.24) is 0 Å². The topological polar surface area (TPSA) is 92.8 Å². The van der Waals surface area contributed by atoms with Crippen LogP contribution in [0.15, 0.2) is 57.3 Å². The molecule has 0 radical (unpaired) electrons. The van der Waals surface area contributed by atoms with E-state index in [9.17, 15) is 26.4 Å². The number of nitrogens with two attached hydrogens (primary N) is 1. The summed E-state index contributed by atoms with van der Waals surface area (Å²) in [6.45, 7) is 0. The first-order valence-electron chi connectivity index (χ1n) is 6.96. The Bertz CT molecular complexity index is 1010. The number of hydrogen-bond acceptors (Lipinski definition) is 5. The van der Waals surface area contributed by atoms with E-state index < -0.39 is 33.4 Å². The molecular weight excluding hydrogens is 391 g/mol. The van der Waals surface area contributed by atoms with Crippen molar-refractivity contribution in [2.75, 3.05) is 5.01 Å². The quantitative estimate of drug-likeness (QED) is 0.802. The van der Waals surface area contributed by atoms with Crippen LogP contribution in [-0.4, -0.2) is 26.2 Å². The van der Waals surface area contributed by atoms with Gasteiger partial charge in [0, 0.05) is 4.88 Å². The van der Waals surface area contributed by atoms with E-state index >= 15 is 0 Å². The fourth-order valence-corrected chi connectivity index (χ4v) is 3.39. The summed E-state index contributed by atoms with van der Waals surface area (Å²) in [6.07, 6.45) is -3.70. The lowest BCUT2D eigenvalue weighted by Gasteiger charge is -2.11. The molecule has 0 atom stereocenters. The van der Waals surface area contributed by atoms with Crippen molar-refractivity contribution in [3.05, 3.63) is 52.2 Å². The SMILES string of the molecule is NS(=O)(=O)c1ccc(N2N=C(C(F)(F)F)C(=Cc3cccs3)C2=O)cc1. The monoisotopic (exact) mass is 401 g/mol. The maximum atomic E-state index is 13.3. The summed E-state index contributed by atoms with van der Waals surface area (Å²) >= 11 is 1.18. The summed E-state index contributed by atoms with van der Waals surface area (Å²) in [5.74, 6) is -0.964. The zero-order valence-electron chi connectivity index (χ0n) is 12.8. The van der Waals surface area contributed by atoms with E-state index in [0.717, 1.165) is 30.3 Å². The Labute approximate surface area is 150 Å². The lowest BCUT2D eigenvalue weighted by atomic mass is 10.1. The minimum atomic E-state index is -4.83. The molecule has 1 amide bonds. The van der Waals surface area contributed by atoms with E-state index in [4.69, 9.17) is 5.14 Å². The highest BCUT2D eigenvalue weighted by atomic mass is 32.2. The number of thiophene rings is 1. The number of carbonyl (C=O) groups is 1. The average Bonchev–Trinajstić information content (AvgIpc) is 3.16. The summed E-state index contributed by atoms with van der Waals surface area (Å²) in [7, 11) is -3.96. The molecular formula is C15H10F3N3O3S2. The predicted octanol–water partition coefficient (Wildman–Crippen LogP) is 2.74. The number of sulfonamides is 1. The van der Waals surface area contributed by atoms with Gasteiger partial charge in [0.15, 0.2) is 5.71 Å². The third-order valence-electron chi connectivity index (χ3n) is 3.39. The van der Waals surface area contributed by atoms with Crippen LogP contribution in [0.5, 0.6) is 0 Å². The molecule has 0 bridgehead atoms. The molecule has 0 aliphatic carbocycles. The van der Waals surface area contributed by atoms with Gasteiger partial charge in [-0.2, -0.15) is 23.3 Å². The number of nitrogens with zero attached hydrogens (tertiary/aromatic N) is 2. The van der Waals surface area contributed by atoms with E-state index in [-0.39, 0.29) is 10.6 Å². The molecule has 3 rings (SSSR count). The van der Waals surface area contributed by atoms with Crippen LogP contribution in [-0.2, 0) is 14.8 Å². The van der Waals surface area contributed by atoms with Crippen molar-refractivity contribution < 1.29 is 26.4 Å². The normalized spacial score (nSPS) is 17.1. The Morgan fingerprint density at radius 3 is 2.31 bits per heavy atom. The molecule has 6 nitrogen and oxygen atoms in total. The van der Waals surface area contributed by atoms with Gasteiger partial charge in [0.05, 0.1) is 16.2 Å². The largest absolute Gasteiger partial charge is 0.435 e. The summed E-state index contributed by atoms with van der Waals surface area (Å²) in [5.41, 5.74) is -1.92. The van der Waals surface area contributed by atoms with Crippen molar-refractivity contribution in [3.63, 3.8) is 0 Å². The first-order valence-corrected chi connectivity index (χ1v) is 9.38. The number of carbonyl (C=O) groups excluding carboxylic acids is 1. The molecule has 0 unspecified atom stereocenters. The molecule has 1 aliphatic rings. The zero-order valence-corrected chi connectivity index (χ0v) is 14.4. The Morgan fingerprint density at radius 2 is 1.81 bits per heavy atom. The second kappa shape index (κ2) is 6.34. The van der Waals surface area contributed by atoms with Crippen LogP contribution in [0.25, 0.3) is 6.08 Å². The van der Waals surface area contributed by atoms with Gasteiger partial charge in [0.2, 0.25) is 10.0 Å². The minimum Gasteiger partial charge on any atom is -0.267 e. The Balaban J connectivity index is 2.04. The van der Waals surface area contributed by atoms with Gasteiger partial charge < -0.3 is 0 Å². The Hall–Kier alpha value is -2.50. The van der Waals surface area contributed by atoms with E-state index in [1.807, 2.05) is 0 Å². The number of primary sulfonamides is 1. The summed E-state index contributed by atoms with van der Waals surface area (Å²) in [4.78, 5) is 12.7. The molecule has 1 aromatic heterocycles. The number of rotatable bonds is 3. The van der Waals surface area contributed by atoms with Crippen LogP contribution in [0.2, 0.25) is 0 Å². The molecule has 1 aromatic carbocycles. The van der Waals surface area contributed by atoms with Gasteiger partial charge in [-0.25, -0.2) is 13.6 Å². The van der Waals surface area contributed by atoms with Crippen LogP contribution in [0.1, 0.15) is 4.88 Å². The van der Waals surface area contributed by atoms with Crippen molar-refractivity contribution in [2.45, 2.75) is 11.1 Å². The zero-order chi connectivity index (χ0) is 19.1. The molecule has 136 valence electrons. The molecule has 1 aliphatic heterocycles. The van der Waals surface area contributed by atoms with E-state index in [1.54, 1.807) is 17.5 Å². The number of benzene rings is 1. The molecule has 2 aromatic rings. The van der Waals surface area contributed by atoms with Crippen molar-refractivity contribution >= 4 is 44.7 Å². The standard InChI is InChI=1S/C15H10F3N3O3S2/c16-15(17,18)13-12(8-10-2-1-7-25-10)14(22)21(20-13)9-3-5-11(6-4-9)26(19,23)24/h1-8H,(H2,19,23,24). The highest BCUT2D eigenvalue weighted by Crippen LogP contribution is 2.33. The fraction of sp³-hybridized carbons (Fsp3) is 0.0667. The third kappa shape index (κ3) is 3.54. The van der Waals surface area contributed by atoms with Crippen LogP contribution in [0.4, 0.5) is 18.9 Å². The number of halogens is 3. The van der Waals surface area contributed by atoms with Gasteiger partial charge in [-0.15, -0.1) is 11.3 Å². The van der Waals surface area contributed by atoms with Gasteiger partial charge in [-0.1, -0.05) is 6.07 Å². The van der Waals surface area contributed by atoms with Crippen LogP contribution in [0, 0.1) is 0 Å². The van der Waals surface area contributed by atoms with E-state index in [2.05, 4.69) is 5.10 Å². The molecule has 26 heavy (non-hydrogen) atoms. The van der Waals surface area contributed by atoms with Crippen molar-refractivity contribution in [2.24, 2.45) is 10.2 Å². The van der Waals surface area contributed by atoms with Crippen LogP contribution >= 0.6 is 11.3 Å². The van der Waals surface area contributed by atoms with Crippen LogP contribution in [0.3, 0.4) is 0 Å². The first kappa shape index (κ1) is 18.3. The van der Waals surface area contributed by atoms with Gasteiger partial charge in [0.1, 0.15) is 0 Å². The lowest BCUT2D eigenvalue weighted by molar-refractivity contribution is -0.114. The van der Waals surface area contributed by atoms with E-state index in [1.165, 1.54) is 11.3 Å². The number of hydrogen-bond donors (Lipinski definition) is 1. The molecule has 2 heterocycles. The maximum Gasteiger partial charge on any atom is 0.435 e. The van der Waals surface area contributed by atoms with Gasteiger partial charge in [-0.3, -0.25) is 4.79 Å². The molecule has 2 N–H and O–H groups in total. The van der Waals surface area contributed by atoms with Gasteiger partial charge in [0.25, 0.3) is 5.91 Å². The highest BCUT2D eigenvalue weighted by molar-refractivity contribution is 7.89. The maximum absolute atomic E-state index is 13.3. The number of anilines is 1. The number of alkyl halides is 3. The second-order valence-corrected chi connectivity index (χ2v) is 7.72. The van der Waals surface area contributed by atoms with Crippen LogP contribution < -0.4 is 10.1 Å². The van der Waals surface area contributed by atoms with E-state index in [0.29, 0.717) is 9.89 Å². The molecule has 0 saturated carbocycles. The van der Waals surface area contributed by atoms with Gasteiger partial charge >= 0.3 is 6.18 Å². The fourth-order valence-electron chi connectivity index (χ4n) is 2.22. The number of hydrazone groups is 1. The Morgan fingerprint density at radius 1 is 1.15 bits per heavy atom. The molecule has 0 fully saturated rings. The summed E-state index contributed by atoms with van der Waals surface area (Å²) in [6, 6.07) is 7.70. The highest BCUT2D eigenvalue weighted by Gasteiger charge is 2.46. The summed E-state index contributed by atoms with van der Waals surface area (Å²) < 4.78 is 62.3. The van der Waals surface area contributed by atoms with Crippen molar-refractivity contribution in [3.8, 4) is 0 Å². The smallest absolute Gasteiger partial charge is 0.267 e. The average molecular weight is 401 g/mol. The summed E-state index contributed by atoms with van der Waals surface area (Å²) in [5, 5.41) is 10.6. The second-order valence-electron chi connectivity index (χ2n) is 5.18. The molecule has 0 spiro atoms. The number of amides is 1. The van der Waals surface area contributed by atoms with Crippen molar-refractivity contribution in [1.29, 1.82) is 0 Å². The third-order valence-corrected chi connectivity index (χ3v) is 5.13. The first-order chi connectivity index (χ1) is 12.1. The Kier molecular flexibility index (Phi) is 4.46. The predicted molar refractivity (Wildman–Crippen MR) is 91.1 cm³/mol.